The van der Waals surface area contributed by atoms with Gasteiger partial charge >= 0.3 is 0 Å². The Hall–Kier alpha value is -1.79. The molecule has 0 aliphatic heterocycles. The van der Waals surface area contributed by atoms with E-state index in [1.54, 1.807) is 12.3 Å². The number of benzene rings is 1. The Bertz CT molecular complexity index is 580. The van der Waals surface area contributed by atoms with E-state index in [0.29, 0.717) is 24.1 Å². The first kappa shape index (κ1) is 15.6. The lowest BCUT2D eigenvalue weighted by Crippen LogP contribution is -2.28. The lowest BCUT2D eigenvalue weighted by molar-refractivity contribution is 0.188. The van der Waals surface area contributed by atoms with Crippen LogP contribution >= 0.6 is 0 Å². The Kier molecular flexibility index (Phi) is 5.83. The number of aliphatic hydroxyl groups is 1. The maximum absolute atomic E-state index is 13.9. The minimum atomic E-state index is -0.403. The number of hydrogen-bond donors (Lipinski definition) is 1. The maximum Gasteiger partial charge on any atom is 0.165 e. The lowest BCUT2D eigenvalue weighted by atomic mass is 10.2. The summed E-state index contributed by atoms with van der Waals surface area (Å²) in [6.45, 7) is 4.95. The predicted molar refractivity (Wildman–Crippen MR) is 78.8 cm³/mol. The van der Waals surface area contributed by atoms with Crippen LogP contribution in [0, 0.1) is 5.82 Å². The van der Waals surface area contributed by atoms with Gasteiger partial charge in [0, 0.05) is 30.7 Å². The van der Waals surface area contributed by atoms with Crippen LogP contribution in [0.25, 0.3) is 10.9 Å². The predicted octanol–water partition coefficient (Wildman–Crippen LogP) is 1.85. The molecule has 1 aromatic heterocycles. The second-order valence-electron chi connectivity index (χ2n) is 4.72. The van der Waals surface area contributed by atoms with Crippen molar-refractivity contribution in [3.05, 3.63) is 30.5 Å². The molecule has 114 valence electrons. The van der Waals surface area contributed by atoms with Gasteiger partial charge in [-0.2, -0.15) is 0 Å². The molecule has 0 atom stereocenters. The van der Waals surface area contributed by atoms with Gasteiger partial charge in [-0.25, -0.2) is 14.4 Å². The van der Waals surface area contributed by atoms with Gasteiger partial charge in [-0.05, 0) is 19.0 Å². The molecule has 0 unspecified atom stereocenters. The van der Waals surface area contributed by atoms with E-state index in [1.807, 2.05) is 6.92 Å². The molecule has 2 rings (SSSR count). The lowest BCUT2D eigenvalue weighted by Gasteiger charge is -2.18. The van der Waals surface area contributed by atoms with Crippen molar-refractivity contribution in [2.24, 2.45) is 0 Å². The van der Waals surface area contributed by atoms with Crippen LogP contribution in [0.1, 0.15) is 13.3 Å². The molecule has 0 saturated heterocycles. The van der Waals surface area contributed by atoms with Crippen LogP contribution in [0.2, 0.25) is 0 Å². The average molecular weight is 293 g/mol. The standard InChI is InChI=1S/C15H20FN3O2/c1-2-19(5-6-20)4-3-7-21-15-9-14-12(8-13(15)16)10-17-11-18-14/h8-11,20H,2-7H2,1H3. The number of fused-ring (bicyclic) bond motifs is 1. The van der Waals surface area contributed by atoms with E-state index >= 15 is 0 Å². The smallest absolute Gasteiger partial charge is 0.165 e. The van der Waals surface area contributed by atoms with Crippen LogP contribution in [0.5, 0.6) is 5.75 Å². The van der Waals surface area contributed by atoms with Crippen LogP contribution in [-0.2, 0) is 0 Å². The third kappa shape index (κ3) is 4.34. The molecular formula is C15H20FN3O2. The van der Waals surface area contributed by atoms with Gasteiger partial charge in [0.2, 0.25) is 0 Å². The largest absolute Gasteiger partial charge is 0.490 e. The van der Waals surface area contributed by atoms with Crippen molar-refractivity contribution in [2.75, 3.05) is 32.8 Å². The highest BCUT2D eigenvalue weighted by Crippen LogP contribution is 2.22. The van der Waals surface area contributed by atoms with Gasteiger partial charge in [0.1, 0.15) is 6.33 Å². The van der Waals surface area contributed by atoms with Gasteiger partial charge in [0.15, 0.2) is 11.6 Å². The molecule has 1 N–H and O–H groups in total. The first-order valence-electron chi connectivity index (χ1n) is 7.10. The van der Waals surface area contributed by atoms with E-state index < -0.39 is 5.82 Å². The average Bonchev–Trinajstić information content (AvgIpc) is 2.50. The molecule has 5 nitrogen and oxygen atoms in total. The minimum absolute atomic E-state index is 0.147. The molecule has 0 aliphatic rings. The second-order valence-corrected chi connectivity index (χ2v) is 4.72. The summed E-state index contributed by atoms with van der Waals surface area (Å²) in [5, 5.41) is 9.56. The summed E-state index contributed by atoms with van der Waals surface area (Å²) < 4.78 is 19.4. The third-order valence-corrected chi connectivity index (χ3v) is 3.30. The Morgan fingerprint density at radius 2 is 2.19 bits per heavy atom. The van der Waals surface area contributed by atoms with Crippen LogP contribution < -0.4 is 4.74 Å². The molecule has 0 radical (unpaired) electrons. The molecule has 1 heterocycles. The normalized spacial score (nSPS) is 11.2. The first-order valence-corrected chi connectivity index (χ1v) is 7.10. The highest BCUT2D eigenvalue weighted by atomic mass is 19.1. The van der Waals surface area contributed by atoms with Crippen molar-refractivity contribution in [1.29, 1.82) is 0 Å². The summed E-state index contributed by atoms with van der Waals surface area (Å²) in [4.78, 5) is 10.1. The number of hydrogen-bond acceptors (Lipinski definition) is 5. The Labute approximate surface area is 123 Å². The molecule has 0 saturated carbocycles. The summed E-state index contributed by atoms with van der Waals surface area (Å²) in [6.07, 6.45) is 3.77. The van der Waals surface area contributed by atoms with Crippen molar-refractivity contribution >= 4 is 10.9 Å². The number of nitrogens with zero attached hydrogens (tertiary/aromatic N) is 3. The number of rotatable bonds is 8. The minimum Gasteiger partial charge on any atom is -0.490 e. The molecule has 0 fully saturated rings. The molecule has 0 amide bonds. The molecule has 1 aromatic carbocycles. The fraction of sp³-hybridized carbons (Fsp3) is 0.467. The molecule has 21 heavy (non-hydrogen) atoms. The van der Waals surface area contributed by atoms with Gasteiger partial charge in [-0.1, -0.05) is 6.92 Å². The zero-order valence-electron chi connectivity index (χ0n) is 12.1. The number of aliphatic hydroxyl groups excluding tert-OH is 1. The highest BCUT2D eigenvalue weighted by Gasteiger charge is 2.07. The number of ether oxygens (including phenoxy) is 1. The monoisotopic (exact) mass is 293 g/mol. The second kappa shape index (κ2) is 7.85. The van der Waals surface area contributed by atoms with E-state index in [2.05, 4.69) is 14.9 Å². The number of likely N-dealkylation sites (N-methyl/N-ethyl adjacent to an activating group) is 1. The van der Waals surface area contributed by atoms with Gasteiger partial charge in [0.05, 0.1) is 18.7 Å². The first-order chi connectivity index (χ1) is 10.2. The molecule has 0 bridgehead atoms. The summed E-state index contributed by atoms with van der Waals surface area (Å²) >= 11 is 0. The van der Waals surface area contributed by atoms with Crippen LogP contribution in [-0.4, -0.2) is 52.8 Å². The highest BCUT2D eigenvalue weighted by molar-refractivity contribution is 5.79. The van der Waals surface area contributed by atoms with Crippen LogP contribution in [0.4, 0.5) is 4.39 Å². The van der Waals surface area contributed by atoms with Gasteiger partial charge in [-0.3, -0.25) is 0 Å². The van der Waals surface area contributed by atoms with E-state index in [9.17, 15) is 4.39 Å². The van der Waals surface area contributed by atoms with Gasteiger partial charge in [-0.15, -0.1) is 0 Å². The fourth-order valence-electron chi connectivity index (χ4n) is 2.13. The fourth-order valence-corrected chi connectivity index (χ4v) is 2.13. The Balaban J connectivity index is 1.90. The van der Waals surface area contributed by atoms with E-state index in [1.165, 1.54) is 12.4 Å². The summed E-state index contributed by atoms with van der Waals surface area (Å²) in [7, 11) is 0. The summed E-state index contributed by atoms with van der Waals surface area (Å²) in [5.41, 5.74) is 0.664. The van der Waals surface area contributed by atoms with E-state index in [0.717, 1.165) is 19.5 Å². The van der Waals surface area contributed by atoms with E-state index in [-0.39, 0.29) is 12.4 Å². The van der Waals surface area contributed by atoms with Gasteiger partial charge < -0.3 is 14.7 Å². The molecule has 0 spiro atoms. The van der Waals surface area contributed by atoms with Crippen molar-refractivity contribution in [3.63, 3.8) is 0 Å². The molecule has 2 aromatic rings. The zero-order chi connectivity index (χ0) is 15.1. The summed E-state index contributed by atoms with van der Waals surface area (Å²) in [6, 6.07) is 2.98. The molecule has 6 heteroatoms. The number of aromatic nitrogens is 2. The molecular weight excluding hydrogens is 273 g/mol. The van der Waals surface area contributed by atoms with Crippen molar-refractivity contribution in [2.45, 2.75) is 13.3 Å². The Morgan fingerprint density at radius 3 is 2.95 bits per heavy atom. The maximum atomic E-state index is 13.9. The third-order valence-electron chi connectivity index (χ3n) is 3.30. The van der Waals surface area contributed by atoms with Gasteiger partial charge in [0.25, 0.3) is 0 Å². The summed E-state index contributed by atoms with van der Waals surface area (Å²) in [5.74, 6) is -0.189. The quantitative estimate of drug-likeness (QED) is 0.753. The van der Waals surface area contributed by atoms with Crippen molar-refractivity contribution in [1.82, 2.24) is 14.9 Å². The van der Waals surface area contributed by atoms with Crippen LogP contribution in [0.15, 0.2) is 24.7 Å². The topological polar surface area (TPSA) is 58.5 Å². The molecule has 0 aliphatic carbocycles. The zero-order valence-corrected chi connectivity index (χ0v) is 12.1. The van der Waals surface area contributed by atoms with Crippen LogP contribution in [0.3, 0.4) is 0 Å². The Morgan fingerprint density at radius 1 is 1.33 bits per heavy atom. The van der Waals surface area contributed by atoms with Crippen molar-refractivity contribution in [3.8, 4) is 5.75 Å². The van der Waals surface area contributed by atoms with Crippen molar-refractivity contribution < 1.29 is 14.2 Å². The number of halogens is 1. The van der Waals surface area contributed by atoms with E-state index in [4.69, 9.17) is 9.84 Å². The SMILES string of the molecule is CCN(CCO)CCCOc1cc2ncncc2cc1F.